The molecule has 1 saturated heterocycles. The molecule has 0 spiro atoms. The van der Waals surface area contributed by atoms with Crippen LogP contribution < -0.4 is 4.74 Å². The largest absolute Gasteiger partial charge is 0.444 e. The summed E-state index contributed by atoms with van der Waals surface area (Å²) in [5, 5.41) is 0. The van der Waals surface area contributed by atoms with Gasteiger partial charge in [0, 0.05) is 38.9 Å². The maximum atomic E-state index is 14.3. The van der Waals surface area contributed by atoms with Crippen molar-refractivity contribution in [2.24, 2.45) is 11.8 Å². The third kappa shape index (κ3) is 9.67. The number of ether oxygens (including phenoxy) is 2. The number of nitrogens with zero attached hydrogens (tertiary/aromatic N) is 3. The number of amides is 3. The number of ketones is 2. The van der Waals surface area contributed by atoms with E-state index >= 15 is 0 Å². The minimum Gasteiger partial charge on any atom is -0.444 e. The van der Waals surface area contributed by atoms with Crippen LogP contribution in [0.1, 0.15) is 84.3 Å². The van der Waals surface area contributed by atoms with Crippen molar-refractivity contribution >= 4 is 29.7 Å². The molecule has 2 aliphatic rings. The summed E-state index contributed by atoms with van der Waals surface area (Å²) in [6.45, 7) is 10.6. The van der Waals surface area contributed by atoms with Crippen LogP contribution in [0.2, 0.25) is 0 Å². The van der Waals surface area contributed by atoms with Gasteiger partial charge in [-0.3, -0.25) is 14.4 Å². The summed E-state index contributed by atoms with van der Waals surface area (Å²) < 4.78 is 24.3. The van der Waals surface area contributed by atoms with E-state index in [0.717, 1.165) is 24.8 Å². The van der Waals surface area contributed by atoms with Crippen LogP contribution >= 0.6 is 0 Å². The lowest BCUT2D eigenvalue weighted by atomic mass is 9.79. The minimum absolute atomic E-state index is 0.0114. The Labute approximate surface area is 288 Å². The van der Waals surface area contributed by atoms with Crippen LogP contribution in [0.5, 0.6) is 5.75 Å². The second-order valence-electron chi connectivity index (χ2n) is 14.6. The lowest BCUT2D eigenvalue weighted by Gasteiger charge is -2.42. The number of carbonyl (C=O) groups is 5. The Balaban J connectivity index is 1.55. The zero-order chi connectivity index (χ0) is 36.0. The third-order valence-electron chi connectivity index (χ3n) is 9.52. The van der Waals surface area contributed by atoms with E-state index in [0.29, 0.717) is 0 Å². The topological polar surface area (TPSA) is 114 Å². The van der Waals surface area contributed by atoms with E-state index in [4.69, 9.17) is 9.47 Å². The number of piperazine rings is 1. The van der Waals surface area contributed by atoms with Gasteiger partial charge in [0.1, 0.15) is 23.2 Å². The van der Waals surface area contributed by atoms with Gasteiger partial charge in [-0.2, -0.15) is 0 Å². The summed E-state index contributed by atoms with van der Waals surface area (Å²) in [6, 6.07) is 11.4. The quantitative estimate of drug-likeness (QED) is 0.286. The predicted molar refractivity (Wildman–Crippen MR) is 183 cm³/mol. The van der Waals surface area contributed by atoms with Gasteiger partial charge in [-0.15, -0.1) is 0 Å². The fourth-order valence-corrected chi connectivity index (χ4v) is 6.52. The Hall–Kier alpha value is -4.28. The number of carbonyl (C=O) groups excluding carboxylic acids is 5. The molecular formula is C38H50FN3O7. The molecule has 2 aromatic carbocycles. The second kappa shape index (κ2) is 16.0. The van der Waals surface area contributed by atoms with E-state index in [9.17, 15) is 28.4 Å². The maximum absolute atomic E-state index is 14.3. The first-order valence-corrected chi connectivity index (χ1v) is 17.2. The average molecular weight is 680 g/mol. The highest BCUT2D eigenvalue weighted by Crippen LogP contribution is 2.35. The highest BCUT2D eigenvalue weighted by molar-refractivity contribution is 5.94. The molecular weight excluding hydrogens is 629 g/mol. The summed E-state index contributed by atoms with van der Waals surface area (Å²) >= 11 is 0. The minimum atomic E-state index is -0.950. The Morgan fingerprint density at radius 3 is 2.31 bits per heavy atom. The summed E-state index contributed by atoms with van der Waals surface area (Å²) in [7, 11) is 1.49. The van der Waals surface area contributed by atoms with E-state index in [1.807, 2.05) is 26.0 Å². The SMILES string of the molecule is CC(C)[C@H](CC(=O)[C@H](C)N(C)C(=O)OC(C)(C)C)C(=O)N1CCN(C(=O)Oc2ccc(F)cc2)C[C@H]1C(=O)C[C@@H]1CCCc2ccccc21. The van der Waals surface area contributed by atoms with Crippen molar-refractivity contribution in [2.75, 3.05) is 26.7 Å². The van der Waals surface area contributed by atoms with Crippen LogP contribution in [-0.4, -0.2) is 88.7 Å². The van der Waals surface area contributed by atoms with Crippen LogP contribution in [0.25, 0.3) is 0 Å². The number of aryl methyl sites for hydroxylation is 1. The van der Waals surface area contributed by atoms with Gasteiger partial charge in [0.15, 0.2) is 11.6 Å². The van der Waals surface area contributed by atoms with E-state index in [-0.39, 0.29) is 67.5 Å². The van der Waals surface area contributed by atoms with Gasteiger partial charge in [0.2, 0.25) is 5.91 Å². The highest BCUT2D eigenvalue weighted by Gasteiger charge is 2.42. The van der Waals surface area contributed by atoms with E-state index in [1.165, 1.54) is 51.6 Å². The van der Waals surface area contributed by atoms with Gasteiger partial charge in [0.05, 0.1) is 12.6 Å². The van der Waals surface area contributed by atoms with Crippen molar-refractivity contribution in [3.63, 3.8) is 0 Å². The van der Waals surface area contributed by atoms with E-state index in [1.54, 1.807) is 27.7 Å². The number of fused-ring (bicyclic) bond motifs is 1. The van der Waals surface area contributed by atoms with Gasteiger partial charge in [-0.05, 0) is 94.2 Å². The van der Waals surface area contributed by atoms with Crippen LogP contribution in [0.4, 0.5) is 14.0 Å². The smallest absolute Gasteiger partial charge is 0.415 e. The van der Waals surface area contributed by atoms with Gasteiger partial charge < -0.3 is 24.2 Å². The van der Waals surface area contributed by atoms with Crippen LogP contribution in [-0.2, 0) is 25.5 Å². The van der Waals surface area contributed by atoms with Crippen molar-refractivity contribution in [1.29, 1.82) is 0 Å². The number of benzene rings is 2. The molecule has 4 rings (SSSR count). The molecule has 10 nitrogen and oxygen atoms in total. The standard InChI is InChI=1S/C38H50FN3O7/c1-24(2)31(22-33(43)25(3)40(7)36(46)49-38(4,5)6)35(45)42-20-19-41(37(47)48-29-17-15-28(39)16-18-29)23-32(42)34(44)21-27-13-10-12-26-11-8-9-14-30(26)27/h8-9,11,14-18,24-25,27,31-32H,10,12-13,19-23H2,1-7H3/t25-,27-,31-,32-/m0/s1. The Bertz CT molecular complexity index is 1520. The van der Waals surface area contributed by atoms with Gasteiger partial charge in [0.25, 0.3) is 0 Å². The van der Waals surface area contributed by atoms with Crippen molar-refractivity contribution in [1.82, 2.24) is 14.7 Å². The Morgan fingerprint density at radius 1 is 0.980 bits per heavy atom. The first kappa shape index (κ1) is 37.5. The number of likely N-dealkylation sites (N-methyl/N-ethyl adjacent to an activating group) is 1. The van der Waals surface area contributed by atoms with Crippen LogP contribution in [0, 0.1) is 17.7 Å². The first-order valence-electron chi connectivity index (χ1n) is 17.2. The first-order chi connectivity index (χ1) is 23.1. The Kier molecular flexibility index (Phi) is 12.2. The fraction of sp³-hybridized carbons (Fsp3) is 0.553. The average Bonchev–Trinajstić information content (AvgIpc) is 3.06. The lowest BCUT2D eigenvalue weighted by Crippen LogP contribution is -2.61. The molecule has 0 unspecified atom stereocenters. The highest BCUT2D eigenvalue weighted by atomic mass is 19.1. The molecule has 0 bridgehead atoms. The molecule has 0 aromatic heterocycles. The number of rotatable bonds is 10. The third-order valence-corrected chi connectivity index (χ3v) is 9.52. The molecule has 1 heterocycles. The van der Waals surface area contributed by atoms with Gasteiger partial charge >= 0.3 is 12.2 Å². The van der Waals surface area contributed by atoms with Gasteiger partial charge in [-0.25, -0.2) is 14.0 Å². The summed E-state index contributed by atoms with van der Waals surface area (Å²) in [6.07, 6.45) is 1.47. The molecule has 1 aliphatic carbocycles. The van der Waals surface area contributed by atoms with Crippen LogP contribution in [0.3, 0.4) is 0 Å². The summed E-state index contributed by atoms with van der Waals surface area (Å²) in [5.41, 5.74) is 1.62. The fourth-order valence-electron chi connectivity index (χ4n) is 6.52. The number of halogens is 1. The molecule has 1 fully saturated rings. The Morgan fingerprint density at radius 2 is 1.65 bits per heavy atom. The molecule has 2 aromatic rings. The van der Waals surface area contributed by atoms with E-state index in [2.05, 4.69) is 12.1 Å². The van der Waals surface area contributed by atoms with Crippen molar-refractivity contribution in [3.8, 4) is 5.75 Å². The lowest BCUT2D eigenvalue weighted by molar-refractivity contribution is -0.148. The maximum Gasteiger partial charge on any atom is 0.415 e. The normalized spacial score (nSPS) is 19.0. The van der Waals surface area contributed by atoms with Crippen molar-refractivity contribution < 1.29 is 37.8 Å². The summed E-state index contributed by atoms with van der Waals surface area (Å²) in [4.78, 5) is 72.1. The second-order valence-corrected chi connectivity index (χ2v) is 14.6. The summed E-state index contributed by atoms with van der Waals surface area (Å²) in [5.74, 6) is -2.14. The molecule has 4 atom stereocenters. The van der Waals surface area contributed by atoms with Crippen molar-refractivity contribution in [3.05, 3.63) is 65.5 Å². The number of Topliss-reactive ketones (excluding diaryl/α,β-unsaturated/α-hetero) is 2. The zero-order valence-electron chi connectivity index (χ0n) is 29.7. The molecule has 266 valence electrons. The number of hydrogen-bond acceptors (Lipinski definition) is 7. The predicted octanol–water partition coefficient (Wildman–Crippen LogP) is 6.40. The molecule has 1 aliphatic heterocycles. The molecule has 3 amide bonds. The van der Waals surface area contributed by atoms with Gasteiger partial charge in [-0.1, -0.05) is 38.1 Å². The van der Waals surface area contributed by atoms with E-state index < -0.39 is 41.6 Å². The monoisotopic (exact) mass is 679 g/mol. The van der Waals surface area contributed by atoms with Crippen molar-refractivity contribution in [2.45, 2.75) is 97.2 Å². The molecule has 0 N–H and O–H groups in total. The number of hydrogen-bond donors (Lipinski definition) is 0. The molecule has 11 heteroatoms. The molecule has 0 saturated carbocycles. The zero-order valence-corrected chi connectivity index (χ0v) is 29.7. The molecule has 49 heavy (non-hydrogen) atoms. The van der Waals surface area contributed by atoms with Crippen LogP contribution in [0.15, 0.2) is 48.5 Å². The molecule has 0 radical (unpaired) electrons.